The lowest BCUT2D eigenvalue weighted by Crippen LogP contribution is -2.17. The molecule has 6 nitrogen and oxygen atoms in total. The third kappa shape index (κ3) is 4.85. The lowest BCUT2D eigenvalue weighted by atomic mass is 10.1. The average molecular weight is 377 g/mol. The molecule has 140 valence electrons. The molecule has 0 fully saturated rings. The number of benzene rings is 2. The fourth-order valence-electron chi connectivity index (χ4n) is 2.32. The Morgan fingerprint density at radius 2 is 1.78 bits per heavy atom. The third-order valence-corrected chi connectivity index (χ3v) is 3.62. The molecule has 3 rings (SSSR count). The molecule has 0 atom stereocenters. The maximum atomic E-state index is 12.2. The first-order chi connectivity index (χ1) is 12.8. The van der Waals surface area contributed by atoms with E-state index in [0.29, 0.717) is 5.69 Å². The SMILES string of the molecule is O=C(Nc1cc(-c2ccc(CO)cc2)[nH]n1)c1ccc(OC(F)(F)F)cc1. The van der Waals surface area contributed by atoms with Gasteiger partial charge in [0, 0.05) is 11.6 Å². The number of hydrogen-bond acceptors (Lipinski definition) is 4. The minimum Gasteiger partial charge on any atom is -0.406 e. The number of rotatable bonds is 5. The Hall–Kier alpha value is -3.33. The predicted octanol–water partition coefficient (Wildman–Crippen LogP) is 3.72. The Morgan fingerprint density at radius 3 is 2.37 bits per heavy atom. The van der Waals surface area contributed by atoms with Crippen LogP contribution in [0.4, 0.5) is 19.0 Å². The Kier molecular flexibility index (Phi) is 5.13. The molecule has 0 bridgehead atoms. The summed E-state index contributed by atoms with van der Waals surface area (Å²) in [6, 6.07) is 13.3. The molecule has 0 saturated carbocycles. The second-order valence-electron chi connectivity index (χ2n) is 5.55. The van der Waals surface area contributed by atoms with Crippen LogP contribution >= 0.6 is 0 Å². The summed E-state index contributed by atoms with van der Waals surface area (Å²) in [6.07, 6.45) is -4.79. The highest BCUT2D eigenvalue weighted by molar-refractivity contribution is 6.04. The fourth-order valence-corrected chi connectivity index (χ4v) is 2.32. The number of carbonyl (C=O) groups excluding carboxylic acids is 1. The van der Waals surface area contributed by atoms with E-state index >= 15 is 0 Å². The van der Waals surface area contributed by atoms with E-state index in [1.807, 2.05) is 0 Å². The predicted molar refractivity (Wildman–Crippen MR) is 91.0 cm³/mol. The minimum absolute atomic E-state index is 0.0582. The summed E-state index contributed by atoms with van der Waals surface area (Å²) in [5.74, 6) is -0.675. The molecular weight excluding hydrogens is 363 g/mol. The van der Waals surface area contributed by atoms with E-state index in [1.165, 1.54) is 12.1 Å². The van der Waals surface area contributed by atoms with Crippen LogP contribution in [-0.2, 0) is 6.61 Å². The van der Waals surface area contributed by atoms with Gasteiger partial charge in [-0.3, -0.25) is 9.89 Å². The first-order valence-electron chi connectivity index (χ1n) is 7.77. The number of aliphatic hydroxyl groups is 1. The van der Waals surface area contributed by atoms with Crippen LogP contribution in [0.2, 0.25) is 0 Å². The van der Waals surface area contributed by atoms with Crippen LogP contribution in [0.3, 0.4) is 0 Å². The number of aliphatic hydroxyl groups excluding tert-OH is 1. The van der Waals surface area contributed by atoms with E-state index in [2.05, 4.69) is 20.3 Å². The summed E-state index contributed by atoms with van der Waals surface area (Å²) in [4.78, 5) is 12.2. The van der Waals surface area contributed by atoms with Gasteiger partial charge in [0.2, 0.25) is 0 Å². The molecule has 0 unspecified atom stereocenters. The molecule has 3 N–H and O–H groups in total. The zero-order valence-corrected chi connectivity index (χ0v) is 13.7. The summed E-state index contributed by atoms with van der Waals surface area (Å²) >= 11 is 0. The van der Waals surface area contributed by atoms with Gasteiger partial charge in [0.05, 0.1) is 12.3 Å². The number of nitrogens with one attached hydrogen (secondary N) is 2. The van der Waals surface area contributed by atoms with Crippen molar-refractivity contribution in [2.75, 3.05) is 5.32 Å². The lowest BCUT2D eigenvalue weighted by molar-refractivity contribution is -0.274. The van der Waals surface area contributed by atoms with E-state index < -0.39 is 18.0 Å². The highest BCUT2D eigenvalue weighted by atomic mass is 19.4. The number of H-pyrrole nitrogens is 1. The largest absolute Gasteiger partial charge is 0.573 e. The molecule has 0 aliphatic rings. The van der Waals surface area contributed by atoms with Gasteiger partial charge >= 0.3 is 6.36 Å². The summed E-state index contributed by atoms with van der Waals surface area (Å²) in [5, 5.41) is 18.4. The summed E-state index contributed by atoms with van der Waals surface area (Å²) in [5.41, 5.74) is 2.39. The van der Waals surface area contributed by atoms with E-state index in [-0.39, 0.29) is 18.0 Å². The molecule has 3 aromatic rings. The molecular formula is C18H14F3N3O3. The van der Waals surface area contributed by atoms with E-state index in [4.69, 9.17) is 5.11 Å². The monoisotopic (exact) mass is 377 g/mol. The topological polar surface area (TPSA) is 87.2 Å². The number of ether oxygens (including phenoxy) is 1. The van der Waals surface area contributed by atoms with Crippen LogP contribution in [0.25, 0.3) is 11.3 Å². The smallest absolute Gasteiger partial charge is 0.406 e. The standard InChI is InChI=1S/C18H14F3N3O3/c19-18(20,21)27-14-7-5-13(6-8-14)17(26)22-16-9-15(23-24-16)12-3-1-11(10-25)2-4-12/h1-9,25H,10H2,(H2,22,23,24,26). The number of carbonyl (C=O) groups is 1. The second-order valence-corrected chi connectivity index (χ2v) is 5.55. The van der Waals surface area contributed by atoms with Gasteiger partial charge in [-0.15, -0.1) is 13.2 Å². The molecule has 0 aliphatic carbocycles. The number of anilines is 1. The number of hydrogen-bond donors (Lipinski definition) is 3. The van der Waals surface area contributed by atoms with Crippen molar-refractivity contribution in [1.82, 2.24) is 10.2 Å². The van der Waals surface area contributed by atoms with Crippen molar-refractivity contribution in [1.29, 1.82) is 0 Å². The normalized spacial score (nSPS) is 11.3. The van der Waals surface area contributed by atoms with Crippen molar-refractivity contribution in [3.8, 4) is 17.0 Å². The average Bonchev–Trinajstić information content (AvgIpc) is 3.09. The lowest BCUT2D eigenvalue weighted by Gasteiger charge is -2.09. The van der Waals surface area contributed by atoms with E-state index in [1.54, 1.807) is 30.3 Å². The van der Waals surface area contributed by atoms with Gasteiger partial charge in [-0.1, -0.05) is 24.3 Å². The molecule has 0 spiro atoms. The molecule has 1 aromatic heterocycles. The number of aromatic nitrogens is 2. The van der Waals surface area contributed by atoms with Gasteiger partial charge in [-0.05, 0) is 35.4 Å². The zero-order chi connectivity index (χ0) is 19.4. The van der Waals surface area contributed by atoms with Crippen LogP contribution in [0.15, 0.2) is 54.6 Å². The molecule has 0 radical (unpaired) electrons. The quantitative estimate of drug-likeness (QED) is 0.632. The summed E-state index contributed by atoms with van der Waals surface area (Å²) in [6.45, 7) is -0.0582. The fraction of sp³-hybridized carbons (Fsp3) is 0.111. The molecule has 0 saturated heterocycles. The van der Waals surface area contributed by atoms with Crippen molar-refractivity contribution < 1.29 is 27.8 Å². The van der Waals surface area contributed by atoms with Gasteiger partial charge in [0.25, 0.3) is 5.91 Å². The van der Waals surface area contributed by atoms with Gasteiger partial charge in [0.15, 0.2) is 5.82 Å². The maximum absolute atomic E-state index is 12.2. The Balaban J connectivity index is 1.66. The van der Waals surface area contributed by atoms with E-state index in [0.717, 1.165) is 23.3 Å². The first-order valence-corrected chi connectivity index (χ1v) is 7.77. The van der Waals surface area contributed by atoms with Gasteiger partial charge < -0.3 is 15.2 Å². The van der Waals surface area contributed by atoms with Crippen LogP contribution in [0, 0.1) is 0 Å². The Labute approximate surface area is 151 Å². The summed E-state index contributed by atoms with van der Waals surface area (Å²) < 4.78 is 40.2. The maximum Gasteiger partial charge on any atom is 0.573 e. The highest BCUT2D eigenvalue weighted by Crippen LogP contribution is 2.24. The van der Waals surface area contributed by atoms with E-state index in [9.17, 15) is 18.0 Å². The molecule has 1 amide bonds. The van der Waals surface area contributed by atoms with Crippen molar-refractivity contribution in [3.05, 3.63) is 65.7 Å². The number of halogens is 3. The molecule has 2 aromatic carbocycles. The number of amides is 1. The third-order valence-electron chi connectivity index (χ3n) is 3.62. The van der Waals surface area contributed by atoms with Crippen LogP contribution in [-0.4, -0.2) is 27.6 Å². The van der Waals surface area contributed by atoms with Crippen molar-refractivity contribution in [2.24, 2.45) is 0 Å². The molecule has 0 aliphatic heterocycles. The molecule has 1 heterocycles. The first kappa shape index (κ1) is 18.5. The van der Waals surface area contributed by atoms with Crippen LogP contribution in [0.5, 0.6) is 5.75 Å². The van der Waals surface area contributed by atoms with Gasteiger partial charge in [-0.25, -0.2) is 0 Å². The van der Waals surface area contributed by atoms with Crippen LogP contribution < -0.4 is 10.1 Å². The van der Waals surface area contributed by atoms with Crippen molar-refractivity contribution in [2.45, 2.75) is 13.0 Å². The van der Waals surface area contributed by atoms with Crippen LogP contribution in [0.1, 0.15) is 15.9 Å². The Morgan fingerprint density at radius 1 is 1.11 bits per heavy atom. The number of nitrogens with zero attached hydrogens (tertiary/aromatic N) is 1. The van der Waals surface area contributed by atoms with Gasteiger partial charge in [0.1, 0.15) is 5.75 Å². The number of alkyl halides is 3. The second kappa shape index (κ2) is 7.50. The Bertz CT molecular complexity index is 920. The van der Waals surface area contributed by atoms with Gasteiger partial charge in [-0.2, -0.15) is 5.10 Å². The highest BCUT2D eigenvalue weighted by Gasteiger charge is 2.31. The minimum atomic E-state index is -4.79. The van der Waals surface area contributed by atoms with Crippen molar-refractivity contribution in [3.63, 3.8) is 0 Å². The number of aromatic amines is 1. The molecule has 9 heteroatoms. The summed E-state index contributed by atoms with van der Waals surface area (Å²) in [7, 11) is 0. The zero-order valence-electron chi connectivity index (χ0n) is 13.7. The van der Waals surface area contributed by atoms with Crippen molar-refractivity contribution >= 4 is 11.7 Å². The molecule has 27 heavy (non-hydrogen) atoms.